The summed E-state index contributed by atoms with van der Waals surface area (Å²) in [5.74, 6) is 0. The Kier molecular flexibility index (Phi) is 5.57. The second-order valence-corrected chi connectivity index (χ2v) is 10.4. The van der Waals surface area contributed by atoms with E-state index >= 15 is 0 Å². The Hall–Kier alpha value is -0.910. The number of hydrogen-bond acceptors (Lipinski definition) is 3. The van der Waals surface area contributed by atoms with Crippen LogP contribution in [0.3, 0.4) is 0 Å². The number of sulfonamides is 1. The summed E-state index contributed by atoms with van der Waals surface area (Å²) in [5.41, 5.74) is 1.20. The van der Waals surface area contributed by atoms with E-state index in [9.17, 15) is 8.42 Å². The third-order valence-corrected chi connectivity index (χ3v) is 7.64. The molecule has 1 heterocycles. The van der Waals surface area contributed by atoms with Gasteiger partial charge in [-0.2, -0.15) is 4.31 Å². The van der Waals surface area contributed by atoms with E-state index in [1.807, 2.05) is 12.1 Å². The lowest BCUT2D eigenvalue weighted by Crippen LogP contribution is -2.52. The summed E-state index contributed by atoms with van der Waals surface area (Å²) in [7, 11) is -3.37. The van der Waals surface area contributed by atoms with E-state index in [2.05, 4.69) is 25.7 Å². The zero-order valence-corrected chi connectivity index (χ0v) is 16.7. The van der Waals surface area contributed by atoms with Gasteiger partial charge in [-0.25, -0.2) is 8.42 Å². The van der Waals surface area contributed by atoms with Crippen LogP contribution in [0.4, 0.5) is 0 Å². The van der Waals surface area contributed by atoms with E-state index in [-0.39, 0.29) is 5.41 Å². The molecule has 1 aliphatic carbocycles. The van der Waals surface area contributed by atoms with Crippen LogP contribution in [0.2, 0.25) is 0 Å². The molecule has 2 aliphatic rings. The summed E-state index contributed by atoms with van der Waals surface area (Å²) in [4.78, 5) is 2.93. The number of piperazine rings is 1. The SMILES string of the molecule is CC(C)(C)c1ccc(S(=O)(=O)N2CCN(C3CCCCC3)CC2)cc1. The molecule has 0 atom stereocenters. The van der Waals surface area contributed by atoms with Crippen LogP contribution >= 0.6 is 0 Å². The second-order valence-electron chi connectivity index (χ2n) is 8.51. The third-order valence-electron chi connectivity index (χ3n) is 5.72. The molecule has 0 spiro atoms. The van der Waals surface area contributed by atoms with Gasteiger partial charge >= 0.3 is 0 Å². The molecule has 5 heteroatoms. The van der Waals surface area contributed by atoms with E-state index in [0.29, 0.717) is 24.0 Å². The Morgan fingerprint density at radius 2 is 1.44 bits per heavy atom. The highest BCUT2D eigenvalue weighted by Gasteiger charge is 2.31. The zero-order valence-electron chi connectivity index (χ0n) is 15.9. The van der Waals surface area contributed by atoms with Gasteiger partial charge in [0.25, 0.3) is 0 Å². The molecule has 4 nitrogen and oxygen atoms in total. The first-order chi connectivity index (χ1) is 11.8. The highest BCUT2D eigenvalue weighted by Crippen LogP contribution is 2.27. The molecule has 140 valence electrons. The van der Waals surface area contributed by atoms with Gasteiger partial charge in [-0.15, -0.1) is 0 Å². The van der Waals surface area contributed by atoms with E-state index < -0.39 is 10.0 Å². The molecule has 1 saturated heterocycles. The lowest BCUT2D eigenvalue weighted by molar-refractivity contribution is 0.111. The van der Waals surface area contributed by atoms with Crippen molar-refractivity contribution in [3.8, 4) is 0 Å². The number of hydrogen-bond donors (Lipinski definition) is 0. The molecule has 3 rings (SSSR count). The normalized spacial score (nSPS) is 22.2. The molecule has 0 N–H and O–H groups in total. The number of nitrogens with zero attached hydrogens (tertiary/aromatic N) is 2. The molecule has 1 saturated carbocycles. The first kappa shape index (κ1) is 18.9. The molecule has 1 aromatic carbocycles. The first-order valence-electron chi connectivity index (χ1n) is 9.63. The molecule has 0 radical (unpaired) electrons. The highest BCUT2D eigenvalue weighted by atomic mass is 32.2. The van der Waals surface area contributed by atoms with Gasteiger partial charge < -0.3 is 0 Å². The van der Waals surface area contributed by atoms with Crippen LogP contribution in [0.5, 0.6) is 0 Å². The van der Waals surface area contributed by atoms with Crippen LogP contribution in [-0.4, -0.2) is 49.8 Å². The van der Waals surface area contributed by atoms with Crippen molar-refractivity contribution in [3.05, 3.63) is 29.8 Å². The molecule has 0 unspecified atom stereocenters. The van der Waals surface area contributed by atoms with Gasteiger partial charge in [-0.05, 0) is 36.0 Å². The Morgan fingerprint density at radius 1 is 0.880 bits per heavy atom. The molecule has 25 heavy (non-hydrogen) atoms. The standard InChI is InChI=1S/C20H32N2O2S/c1-20(2,3)17-9-11-19(12-10-17)25(23,24)22-15-13-21(14-16-22)18-7-5-4-6-8-18/h9-12,18H,4-8,13-16H2,1-3H3. The largest absolute Gasteiger partial charge is 0.298 e. The van der Waals surface area contributed by atoms with Gasteiger partial charge in [0.2, 0.25) is 10.0 Å². The Bertz CT molecular complexity index is 663. The highest BCUT2D eigenvalue weighted by molar-refractivity contribution is 7.89. The minimum atomic E-state index is -3.37. The fraction of sp³-hybridized carbons (Fsp3) is 0.700. The Morgan fingerprint density at radius 3 is 1.96 bits per heavy atom. The molecule has 1 aromatic rings. The van der Waals surface area contributed by atoms with Crippen LogP contribution < -0.4 is 0 Å². The minimum Gasteiger partial charge on any atom is -0.298 e. The predicted molar refractivity (Wildman–Crippen MR) is 102 cm³/mol. The van der Waals surface area contributed by atoms with Gasteiger partial charge in [0.15, 0.2) is 0 Å². The van der Waals surface area contributed by atoms with Gasteiger partial charge in [0.1, 0.15) is 0 Å². The van der Waals surface area contributed by atoms with Gasteiger partial charge in [-0.3, -0.25) is 4.90 Å². The summed E-state index contributed by atoms with van der Waals surface area (Å²) in [5, 5.41) is 0. The van der Waals surface area contributed by atoms with Gasteiger partial charge in [0.05, 0.1) is 4.90 Å². The molecule has 1 aliphatic heterocycles. The average molecular weight is 365 g/mol. The van der Waals surface area contributed by atoms with Crippen LogP contribution in [0.25, 0.3) is 0 Å². The van der Waals surface area contributed by atoms with E-state index in [1.165, 1.54) is 32.1 Å². The van der Waals surface area contributed by atoms with E-state index in [0.717, 1.165) is 18.7 Å². The molecule has 0 aromatic heterocycles. The van der Waals surface area contributed by atoms with Crippen molar-refractivity contribution in [2.24, 2.45) is 0 Å². The van der Waals surface area contributed by atoms with Gasteiger partial charge in [-0.1, -0.05) is 52.2 Å². The molecular formula is C20H32N2O2S. The summed E-state index contributed by atoms with van der Waals surface area (Å²) in [6, 6.07) is 8.10. The lowest BCUT2D eigenvalue weighted by Gasteiger charge is -2.40. The second kappa shape index (κ2) is 7.37. The fourth-order valence-corrected chi connectivity index (χ4v) is 5.45. The molecule has 0 amide bonds. The fourth-order valence-electron chi connectivity index (χ4n) is 4.03. The van der Waals surface area contributed by atoms with Crippen LogP contribution in [0.1, 0.15) is 58.4 Å². The molecular weight excluding hydrogens is 332 g/mol. The monoisotopic (exact) mass is 364 g/mol. The van der Waals surface area contributed by atoms with Crippen molar-refractivity contribution >= 4 is 10.0 Å². The predicted octanol–water partition coefficient (Wildman–Crippen LogP) is 3.62. The lowest BCUT2D eigenvalue weighted by atomic mass is 9.87. The maximum Gasteiger partial charge on any atom is 0.243 e. The quantitative estimate of drug-likeness (QED) is 0.822. The van der Waals surface area contributed by atoms with E-state index in [1.54, 1.807) is 16.4 Å². The van der Waals surface area contributed by atoms with Gasteiger partial charge in [0, 0.05) is 32.2 Å². The Labute approximate surface area is 153 Å². The maximum atomic E-state index is 12.9. The number of benzene rings is 1. The van der Waals surface area contributed by atoms with Crippen molar-refractivity contribution < 1.29 is 8.42 Å². The smallest absolute Gasteiger partial charge is 0.243 e. The van der Waals surface area contributed by atoms with Crippen molar-refractivity contribution in [2.75, 3.05) is 26.2 Å². The van der Waals surface area contributed by atoms with E-state index in [4.69, 9.17) is 0 Å². The minimum absolute atomic E-state index is 0.0356. The van der Waals surface area contributed by atoms with Crippen LogP contribution in [0, 0.1) is 0 Å². The van der Waals surface area contributed by atoms with Crippen LogP contribution in [-0.2, 0) is 15.4 Å². The number of rotatable bonds is 3. The summed E-state index contributed by atoms with van der Waals surface area (Å²) in [6.45, 7) is 9.37. The van der Waals surface area contributed by atoms with Crippen molar-refractivity contribution in [1.29, 1.82) is 0 Å². The topological polar surface area (TPSA) is 40.6 Å². The summed E-state index contributed by atoms with van der Waals surface area (Å²) < 4.78 is 27.5. The summed E-state index contributed by atoms with van der Waals surface area (Å²) >= 11 is 0. The van der Waals surface area contributed by atoms with Crippen LogP contribution in [0.15, 0.2) is 29.2 Å². The summed E-state index contributed by atoms with van der Waals surface area (Å²) in [6.07, 6.45) is 6.56. The van der Waals surface area contributed by atoms with Crippen molar-refractivity contribution in [1.82, 2.24) is 9.21 Å². The Balaban J connectivity index is 1.65. The third kappa shape index (κ3) is 4.26. The molecule has 0 bridgehead atoms. The van der Waals surface area contributed by atoms with Crippen molar-refractivity contribution in [3.63, 3.8) is 0 Å². The average Bonchev–Trinajstić information content (AvgIpc) is 2.62. The maximum absolute atomic E-state index is 12.9. The zero-order chi connectivity index (χ0) is 18.1. The van der Waals surface area contributed by atoms with Crippen molar-refractivity contribution in [2.45, 2.75) is 69.2 Å². The molecule has 2 fully saturated rings. The first-order valence-corrected chi connectivity index (χ1v) is 11.1.